The zero-order valence-corrected chi connectivity index (χ0v) is 12.6. The molecule has 0 saturated carbocycles. The second-order valence-corrected chi connectivity index (χ2v) is 5.52. The normalized spacial score (nSPS) is 10.9. The lowest BCUT2D eigenvalue weighted by molar-refractivity contribution is 0.603. The Morgan fingerprint density at radius 3 is 2.15 bits per heavy atom. The summed E-state index contributed by atoms with van der Waals surface area (Å²) in [5.41, 5.74) is 3.54. The van der Waals surface area contributed by atoms with Crippen molar-refractivity contribution in [3.63, 3.8) is 0 Å². The molecule has 0 saturated heterocycles. The van der Waals surface area contributed by atoms with Gasteiger partial charge in [-0.3, -0.25) is 0 Å². The number of halogens is 3. The van der Waals surface area contributed by atoms with Gasteiger partial charge < -0.3 is 0 Å². The highest BCUT2D eigenvalue weighted by Gasteiger charge is 2.12. The quantitative estimate of drug-likeness (QED) is 0.712. The summed E-state index contributed by atoms with van der Waals surface area (Å²) in [6.45, 7) is 5.58. The third kappa shape index (κ3) is 3.01. The molecule has 20 heavy (non-hydrogen) atoms. The van der Waals surface area contributed by atoms with Crippen LogP contribution in [0.15, 0.2) is 24.3 Å². The molecular weight excluding hydrogens is 278 g/mol. The van der Waals surface area contributed by atoms with Crippen LogP contribution in [0.4, 0.5) is 8.78 Å². The van der Waals surface area contributed by atoms with Gasteiger partial charge in [0.05, 0.1) is 0 Å². The third-order valence-corrected chi connectivity index (χ3v) is 3.84. The second kappa shape index (κ2) is 5.92. The Balaban J connectivity index is 2.41. The van der Waals surface area contributed by atoms with E-state index < -0.39 is 0 Å². The van der Waals surface area contributed by atoms with E-state index in [0.717, 1.165) is 16.7 Å². The number of rotatable bonds is 3. The van der Waals surface area contributed by atoms with Gasteiger partial charge in [-0.2, -0.15) is 0 Å². The highest BCUT2D eigenvalue weighted by atomic mass is 35.5. The molecule has 0 N–H and O–H groups in total. The van der Waals surface area contributed by atoms with Crippen molar-refractivity contribution in [1.29, 1.82) is 0 Å². The average molecular weight is 295 g/mol. The lowest BCUT2D eigenvalue weighted by Gasteiger charge is -2.11. The number of aryl methyl sites for hydroxylation is 2. The van der Waals surface area contributed by atoms with Crippen LogP contribution < -0.4 is 0 Å². The lowest BCUT2D eigenvalue weighted by atomic mass is 9.97. The van der Waals surface area contributed by atoms with E-state index in [9.17, 15) is 8.78 Å². The van der Waals surface area contributed by atoms with Gasteiger partial charge in [-0.1, -0.05) is 24.6 Å². The first-order valence-corrected chi connectivity index (χ1v) is 7.02. The Labute approximate surface area is 123 Å². The van der Waals surface area contributed by atoms with Crippen LogP contribution in [0.2, 0.25) is 5.02 Å². The molecule has 2 aromatic rings. The fourth-order valence-electron chi connectivity index (χ4n) is 2.50. The van der Waals surface area contributed by atoms with Crippen LogP contribution >= 0.6 is 11.6 Å². The van der Waals surface area contributed by atoms with Crippen molar-refractivity contribution in [2.24, 2.45) is 0 Å². The Hall–Kier alpha value is -1.41. The minimum atomic E-state index is -0.340. The van der Waals surface area contributed by atoms with Gasteiger partial charge in [-0.25, -0.2) is 8.78 Å². The van der Waals surface area contributed by atoms with Gasteiger partial charge in [0.2, 0.25) is 0 Å². The summed E-state index contributed by atoms with van der Waals surface area (Å²) in [6.07, 6.45) is 0.949. The topological polar surface area (TPSA) is 0 Å². The van der Waals surface area contributed by atoms with Crippen molar-refractivity contribution in [1.82, 2.24) is 0 Å². The maximum Gasteiger partial charge on any atom is 0.128 e. The molecule has 0 radical (unpaired) electrons. The molecule has 2 aromatic carbocycles. The first kappa shape index (κ1) is 15.0. The van der Waals surface area contributed by atoms with Crippen LogP contribution in [0, 0.1) is 25.5 Å². The van der Waals surface area contributed by atoms with Crippen LogP contribution in [0.1, 0.15) is 34.7 Å². The van der Waals surface area contributed by atoms with E-state index in [0.29, 0.717) is 29.0 Å². The summed E-state index contributed by atoms with van der Waals surface area (Å²) in [5, 5.41) is 0.389. The fourth-order valence-corrected chi connectivity index (χ4v) is 2.83. The van der Waals surface area contributed by atoms with Crippen molar-refractivity contribution in [2.75, 3.05) is 0 Å². The van der Waals surface area contributed by atoms with E-state index in [1.807, 2.05) is 19.9 Å². The van der Waals surface area contributed by atoms with Gasteiger partial charge in [0, 0.05) is 17.0 Å². The maximum absolute atomic E-state index is 14.0. The number of hydrogen-bond acceptors (Lipinski definition) is 0. The smallest absolute Gasteiger partial charge is 0.128 e. The standard InChI is InChI=1S/C17H17ClF2/c1-4-13-11(3)7-12(9-17(13)20)8-14-15(18)5-10(2)6-16(14)19/h5-7,9H,4,8H2,1-3H3. The van der Waals surface area contributed by atoms with Crippen molar-refractivity contribution < 1.29 is 8.78 Å². The molecule has 0 spiro atoms. The molecule has 0 aromatic heterocycles. The molecule has 2 rings (SSSR count). The monoisotopic (exact) mass is 294 g/mol. The van der Waals surface area contributed by atoms with Gasteiger partial charge in [0.15, 0.2) is 0 Å². The second-order valence-electron chi connectivity index (χ2n) is 5.11. The molecule has 0 bridgehead atoms. The van der Waals surface area contributed by atoms with E-state index in [2.05, 4.69) is 0 Å². The first-order chi connectivity index (χ1) is 9.42. The Morgan fingerprint density at radius 1 is 0.950 bits per heavy atom. The summed E-state index contributed by atoms with van der Waals surface area (Å²) >= 11 is 6.09. The molecule has 0 fully saturated rings. The van der Waals surface area contributed by atoms with E-state index in [1.165, 1.54) is 12.1 Å². The van der Waals surface area contributed by atoms with Gasteiger partial charge in [0.1, 0.15) is 11.6 Å². The Bertz CT molecular complexity index is 601. The van der Waals surface area contributed by atoms with Crippen LogP contribution in [0.25, 0.3) is 0 Å². The minimum absolute atomic E-state index is 0.230. The number of hydrogen-bond donors (Lipinski definition) is 0. The third-order valence-electron chi connectivity index (χ3n) is 3.50. The fraction of sp³-hybridized carbons (Fsp3) is 0.294. The van der Waals surface area contributed by atoms with E-state index >= 15 is 0 Å². The summed E-state index contributed by atoms with van der Waals surface area (Å²) in [7, 11) is 0. The van der Waals surface area contributed by atoms with Crippen molar-refractivity contribution in [3.8, 4) is 0 Å². The van der Waals surface area contributed by atoms with Crippen LogP contribution in [-0.2, 0) is 12.8 Å². The van der Waals surface area contributed by atoms with Gasteiger partial charge in [-0.05, 0) is 60.7 Å². The first-order valence-electron chi connectivity index (χ1n) is 6.64. The zero-order chi connectivity index (χ0) is 14.9. The molecule has 0 aliphatic rings. The van der Waals surface area contributed by atoms with Crippen molar-refractivity contribution in [2.45, 2.75) is 33.6 Å². The Kier molecular flexibility index (Phi) is 4.44. The largest absolute Gasteiger partial charge is 0.207 e. The van der Waals surface area contributed by atoms with Crippen LogP contribution in [0.5, 0.6) is 0 Å². The van der Waals surface area contributed by atoms with E-state index in [1.54, 1.807) is 13.0 Å². The molecule has 0 atom stereocenters. The predicted octanol–water partition coefficient (Wildman–Crippen LogP) is 5.39. The summed E-state index contributed by atoms with van der Waals surface area (Å²) in [6, 6.07) is 6.55. The summed E-state index contributed by atoms with van der Waals surface area (Å²) in [5.74, 6) is -0.571. The van der Waals surface area contributed by atoms with Gasteiger partial charge in [-0.15, -0.1) is 0 Å². The van der Waals surface area contributed by atoms with Crippen LogP contribution in [-0.4, -0.2) is 0 Å². The summed E-state index contributed by atoms with van der Waals surface area (Å²) < 4.78 is 27.9. The minimum Gasteiger partial charge on any atom is -0.207 e. The van der Waals surface area contributed by atoms with Crippen molar-refractivity contribution in [3.05, 3.63) is 68.7 Å². The molecule has 0 unspecified atom stereocenters. The van der Waals surface area contributed by atoms with Gasteiger partial charge >= 0.3 is 0 Å². The molecule has 0 aliphatic carbocycles. The maximum atomic E-state index is 14.0. The average Bonchev–Trinajstić information content (AvgIpc) is 2.33. The molecule has 3 heteroatoms. The van der Waals surface area contributed by atoms with Crippen molar-refractivity contribution >= 4 is 11.6 Å². The van der Waals surface area contributed by atoms with E-state index in [4.69, 9.17) is 11.6 Å². The molecule has 0 heterocycles. The van der Waals surface area contributed by atoms with Crippen LogP contribution in [0.3, 0.4) is 0 Å². The zero-order valence-electron chi connectivity index (χ0n) is 11.9. The SMILES string of the molecule is CCc1c(C)cc(Cc2c(F)cc(C)cc2Cl)cc1F. The molecule has 0 amide bonds. The highest BCUT2D eigenvalue weighted by molar-refractivity contribution is 6.31. The number of benzene rings is 2. The lowest BCUT2D eigenvalue weighted by Crippen LogP contribution is -1.99. The molecule has 0 aliphatic heterocycles. The molecule has 106 valence electrons. The molecular formula is C17H17ClF2. The molecule has 0 nitrogen and oxygen atoms in total. The predicted molar refractivity (Wildman–Crippen MR) is 79.5 cm³/mol. The Morgan fingerprint density at radius 2 is 1.60 bits per heavy atom. The highest BCUT2D eigenvalue weighted by Crippen LogP contribution is 2.26. The summed E-state index contributed by atoms with van der Waals surface area (Å²) in [4.78, 5) is 0. The van der Waals surface area contributed by atoms with E-state index in [-0.39, 0.29) is 11.6 Å². The van der Waals surface area contributed by atoms with Gasteiger partial charge in [0.25, 0.3) is 0 Å².